The molecule has 0 bridgehead atoms. The maximum atomic E-state index is 13.8. The fourth-order valence-electron chi connectivity index (χ4n) is 2.28. The molecule has 2 aromatic carbocycles. The number of halogens is 1. The van der Waals surface area contributed by atoms with Crippen LogP contribution >= 0.6 is 0 Å². The van der Waals surface area contributed by atoms with Gasteiger partial charge < -0.3 is 9.47 Å². The predicted molar refractivity (Wildman–Crippen MR) is 80.1 cm³/mol. The van der Waals surface area contributed by atoms with E-state index in [0.717, 1.165) is 6.07 Å². The fraction of sp³-hybridized carbons (Fsp3) is 0.125. The van der Waals surface area contributed by atoms with Gasteiger partial charge in [0.15, 0.2) is 11.5 Å². The van der Waals surface area contributed by atoms with E-state index in [-0.39, 0.29) is 16.4 Å². The molecule has 4 nitrogen and oxygen atoms in total. The highest BCUT2D eigenvalue weighted by Crippen LogP contribution is 2.37. The molecule has 1 aliphatic rings. The Morgan fingerprint density at radius 2 is 1.91 bits per heavy atom. The predicted octanol–water partition coefficient (Wildman–Crippen LogP) is 3.04. The van der Waals surface area contributed by atoms with Crippen molar-refractivity contribution in [3.8, 4) is 11.5 Å². The summed E-state index contributed by atoms with van der Waals surface area (Å²) >= 11 is 0. The highest BCUT2D eigenvalue weighted by atomic mass is 32.2. The largest absolute Gasteiger partial charge is 0.493 e. The first-order chi connectivity index (χ1) is 10.5. The van der Waals surface area contributed by atoms with E-state index in [0.29, 0.717) is 17.1 Å². The van der Waals surface area contributed by atoms with Gasteiger partial charge in [-0.05, 0) is 24.3 Å². The van der Waals surface area contributed by atoms with Gasteiger partial charge in [-0.15, -0.1) is 0 Å². The summed E-state index contributed by atoms with van der Waals surface area (Å²) < 4.78 is 49.6. The van der Waals surface area contributed by atoms with Crippen LogP contribution < -0.4 is 9.47 Å². The summed E-state index contributed by atoms with van der Waals surface area (Å²) in [4.78, 5) is -0.338. The number of methoxy groups -OCH3 is 1. The number of benzene rings is 2. The first-order valence-corrected chi connectivity index (χ1v) is 8.02. The van der Waals surface area contributed by atoms with Gasteiger partial charge in [-0.3, -0.25) is 0 Å². The van der Waals surface area contributed by atoms with Gasteiger partial charge >= 0.3 is 0 Å². The lowest BCUT2D eigenvalue weighted by molar-refractivity contribution is 0.319. The van der Waals surface area contributed by atoms with Crippen molar-refractivity contribution < 1.29 is 22.3 Å². The molecule has 6 heteroatoms. The van der Waals surface area contributed by atoms with Crippen LogP contribution in [0, 0.1) is 5.82 Å². The third kappa shape index (κ3) is 2.35. The van der Waals surface area contributed by atoms with Crippen molar-refractivity contribution in [3.63, 3.8) is 0 Å². The standard InChI is InChI=1S/C16H13FO4S/c1-20-14-7-4-5-11-9-12(10-21-16(11)14)22(18,19)15-8-3-2-6-13(15)17/h2-9H,10H2,1H3. The van der Waals surface area contributed by atoms with Crippen molar-refractivity contribution in [3.05, 3.63) is 58.8 Å². The van der Waals surface area contributed by atoms with Crippen molar-refractivity contribution >= 4 is 15.9 Å². The number of fused-ring (bicyclic) bond motifs is 1. The minimum absolute atomic E-state index is 0.0124. The molecule has 0 amide bonds. The number of para-hydroxylation sites is 1. The van der Waals surface area contributed by atoms with E-state index in [1.165, 1.54) is 31.4 Å². The summed E-state index contributed by atoms with van der Waals surface area (Å²) in [6.45, 7) is -0.163. The number of rotatable bonds is 3. The van der Waals surface area contributed by atoms with Crippen LogP contribution in [0.2, 0.25) is 0 Å². The van der Waals surface area contributed by atoms with Gasteiger partial charge in [0.1, 0.15) is 17.3 Å². The van der Waals surface area contributed by atoms with Gasteiger partial charge in [0.25, 0.3) is 0 Å². The van der Waals surface area contributed by atoms with Crippen LogP contribution in [0.3, 0.4) is 0 Å². The highest BCUT2D eigenvalue weighted by molar-refractivity contribution is 7.95. The quantitative estimate of drug-likeness (QED) is 0.872. The second-order valence-electron chi connectivity index (χ2n) is 4.71. The van der Waals surface area contributed by atoms with Crippen LogP contribution in [-0.4, -0.2) is 22.1 Å². The molecule has 0 atom stereocenters. The SMILES string of the molecule is COc1cccc2c1OCC(S(=O)(=O)c1ccccc1F)=C2. The molecule has 0 saturated carbocycles. The highest BCUT2D eigenvalue weighted by Gasteiger charge is 2.28. The van der Waals surface area contributed by atoms with E-state index in [1.54, 1.807) is 18.2 Å². The van der Waals surface area contributed by atoms with Gasteiger partial charge in [-0.2, -0.15) is 0 Å². The second kappa shape index (κ2) is 5.46. The minimum Gasteiger partial charge on any atom is -0.493 e. The second-order valence-corrected chi connectivity index (χ2v) is 6.68. The average molecular weight is 320 g/mol. The van der Waals surface area contributed by atoms with E-state index < -0.39 is 15.7 Å². The summed E-state index contributed by atoms with van der Waals surface area (Å²) in [7, 11) is -2.43. The number of hydrogen-bond acceptors (Lipinski definition) is 4. The summed E-state index contributed by atoms with van der Waals surface area (Å²) in [5.74, 6) is 0.230. The van der Waals surface area contributed by atoms with E-state index in [2.05, 4.69) is 0 Å². The third-order valence-electron chi connectivity index (χ3n) is 3.38. The van der Waals surface area contributed by atoms with Crippen molar-refractivity contribution in [2.45, 2.75) is 4.90 Å². The van der Waals surface area contributed by atoms with E-state index in [1.807, 2.05) is 0 Å². The molecule has 114 valence electrons. The normalized spacial score (nSPS) is 13.8. The Hall–Kier alpha value is -2.34. The van der Waals surface area contributed by atoms with Crippen molar-refractivity contribution in [2.75, 3.05) is 13.7 Å². The molecule has 3 rings (SSSR count). The van der Waals surface area contributed by atoms with Crippen LogP contribution in [-0.2, 0) is 9.84 Å². The lowest BCUT2D eigenvalue weighted by Crippen LogP contribution is -2.17. The van der Waals surface area contributed by atoms with Crippen molar-refractivity contribution in [2.24, 2.45) is 0 Å². The maximum Gasteiger partial charge on any atom is 0.209 e. The van der Waals surface area contributed by atoms with Gasteiger partial charge in [-0.25, -0.2) is 12.8 Å². The molecule has 0 aromatic heterocycles. The van der Waals surface area contributed by atoms with Crippen LogP contribution in [0.15, 0.2) is 52.3 Å². The molecule has 0 unspecified atom stereocenters. The van der Waals surface area contributed by atoms with Crippen molar-refractivity contribution in [1.29, 1.82) is 0 Å². The van der Waals surface area contributed by atoms with E-state index >= 15 is 0 Å². The lowest BCUT2D eigenvalue weighted by atomic mass is 10.1. The molecule has 2 aromatic rings. The van der Waals surface area contributed by atoms with E-state index in [4.69, 9.17) is 9.47 Å². The van der Waals surface area contributed by atoms with Crippen LogP contribution in [0.5, 0.6) is 11.5 Å². The fourth-order valence-corrected chi connectivity index (χ4v) is 3.64. The van der Waals surface area contributed by atoms with Gasteiger partial charge in [-0.1, -0.05) is 24.3 Å². The molecule has 1 heterocycles. The van der Waals surface area contributed by atoms with Crippen LogP contribution in [0.1, 0.15) is 5.56 Å². The topological polar surface area (TPSA) is 52.6 Å². The molecule has 0 aliphatic carbocycles. The number of sulfone groups is 1. The minimum atomic E-state index is -3.93. The average Bonchev–Trinajstić information content (AvgIpc) is 2.54. The summed E-state index contributed by atoms with van der Waals surface area (Å²) in [6.07, 6.45) is 1.49. The van der Waals surface area contributed by atoms with E-state index in [9.17, 15) is 12.8 Å². The Morgan fingerprint density at radius 1 is 1.14 bits per heavy atom. The first-order valence-electron chi connectivity index (χ1n) is 6.54. The maximum absolute atomic E-state index is 13.8. The molecule has 0 spiro atoms. The summed E-state index contributed by atoms with van der Waals surface area (Å²) in [6, 6.07) is 10.5. The molecular weight excluding hydrogens is 307 g/mol. The molecule has 22 heavy (non-hydrogen) atoms. The molecular formula is C16H13FO4S. The van der Waals surface area contributed by atoms with Crippen LogP contribution in [0.25, 0.3) is 6.08 Å². The van der Waals surface area contributed by atoms with Gasteiger partial charge in [0, 0.05) is 5.56 Å². The molecule has 0 fully saturated rings. The Bertz CT molecular complexity index is 856. The molecule has 0 saturated heterocycles. The Labute approximate surface area is 127 Å². The molecule has 0 N–H and O–H groups in total. The summed E-state index contributed by atoms with van der Waals surface area (Å²) in [5, 5.41) is 0. The monoisotopic (exact) mass is 320 g/mol. The zero-order valence-electron chi connectivity index (χ0n) is 11.7. The third-order valence-corrected chi connectivity index (χ3v) is 5.21. The smallest absolute Gasteiger partial charge is 0.209 e. The molecule has 1 aliphatic heterocycles. The summed E-state index contributed by atoms with van der Waals surface area (Å²) in [5.41, 5.74) is 0.584. The van der Waals surface area contributed by atoms with Crippen molar-refractivity contribution in [1.82, 2.24) is 0 Å². The zero-order chi connectivity index (χ0) is 15.7. The van der Waals surface area contributed by atoms with Gasteiger partial charge in [0.05, 0.1) is 12.0 Å². The Morgan fingerprint density at radius 3 is 2.64 bits per heavy atom. The number of ether oxygens (including phenoxy) is 2. The molecule has 0 radical (unpaired) electrons. The Balaban J connectivity index is 2.10. The zero-order valence-corrected chi connectivity index (χ0v) is 12.6. The number of hydrogen-bond donors (Lipinski definition) is 0. The van der Waals surface area contributed by atoms with Gasteiger partial charge in [0.2, 0.25) is 9.84 Å². The Kier molecular flexibility index (Phi) is 3.62. The lowest BCUT2D eigenvalue weighted by Gasteiger charge is -2.20. The first kappa shape index (κ1) is 14.6. The van der Waals surface area contributed by atoms with Crippen LogP contribution in [0.4, 0.5) is 4.39 Å².